The van der Waals surface area contributed by atoms with Gasteiger partial charge in [0.25, 0.3) is 5.91 Å². The van der Waals surface area contributed by atoms with Gasteiger partial charge in [0.05, 0.1) is 11.1 Å². The maximum atomic E-state index is 12.5. The second-order valence-electron chi connectivity index (χ2n) is 6.33. The Kier molecular flexibility index (Phi) is 6.16. The van der Waals surface area contributed by atoms with Gasteiger partial charge in [-0.2, -0.15) is 0 Å². The summed E-state index contributed by atoms with van der Waals surface area (Å²) in [6, 6.07) is 14.2. The summed E-state index contributed by atoms with van der Waals surface area (Å²) >= 11 is 6.06. The Hall–Kier alpha value is -3.06. The largest absolute Gasteiger partial charge is 0.491 e. The summed E-state index contributed by atoms with van der Waals surface area (Å²) in [5.41, 5.74) is 1.14. The lowest BCUT2D eigenvalue weighted by atomic mass is 10.1. The molecule has 8 heteroatoms. The van der Waals surface area contributed by atoms with Crippen LogP contribution < -0.4 is 14.8 Å². The van der Waals surface area contributed by atoms with Gasteiger partial charge in [0.2, 0.25) is 5.82 Å². The van der Waals surface area contributed by atoms with E-state index in [-0.39, 0.29) is 11.9 Å². The predicted molar refractivity (Wildman–Crippen MR) is 106 cm³/mol. The smallest absolute Gasteiger partial charge is 0.266 e. The number of ether oxygens (including phenoxy) is 2. The monoisotopic (exact) mass is 401 g/mol. The first kappa shape index (κ1) is 19.7. The van der Waals surface area contributed by atoms with Crippen molar-refractivity contribution in [2.45, 2.75) is 33.0 Å². The molecule has 1 N–H and O–H groups in total. The summed E-state index contributed by atoms with van der Waals surface area (Å²) in [7, 11) is 0. The van der Waals surface area contributed by atoms with Gasteiger partial charge in [-0.25, -0.2) is 4.63 Å². The highest BCUT2D eigenvalue weighted by Gasteiger charge is 2.21. The fourth-order valence-corrected chi connectivity index (χ4v) is 2.61. The van der Waals surface area contributed by atoms with Crippen LogP contribution in [0.3, 0.4) is 0 Å². The van der Waals surface area contributed by atoms with Gasteiger partial charge in [-0.1, -0.05) is 23.7 Å². The van der Waals surface area contributed by atoms with E-state index < -0.39 is 12.0 Å². The van der Waals surface area contributed by atoms with E-state index in [2.05, 4.69) is 15.6 Å². The average Bonchev–Trinajstić information content (AvgIpc) is 3.11. The first-order chi connectivity index (χ1) is 13.4. The van der Waals surface area contributed by atoms with Crippen LogP contribution in [-0.4, -0.2) is 28.4 Å². The standard InChI is InChI=1S/C20H20ClN3O4/c1-12(2)26-15-10-8-14(9-11-15)18-19(24-28-23-18)22-20(25)13(3)27-17-7-5-4-6-16(17)21/h4-13H,1-3H3,(H,22,24,25)/t13-/m0/s1. The Morgan fingerprint density at radius 2 is 1.75 bits per heavy atom. The third-order valence-electron chi connectivity index (χ3n) is 3.74. The first-order valence-electron chi connectivity index (χ1n) is 8.75. The molecule has 0 saturated carbocycles. The van der Waals surface area contributed by atoms with Crippen LogP contribution >= 0.6 is 11.6 Å². The molecule has 3 aromatic rings. The van der Waals surface area contributed by atoms with E-state index in [1.807, 2.05) is 38.1 Å². The fourth-order valence-electron chi connectivity index (χ4n) is 2.43. The van der Waals surface area contributed by atoms with Crippen molar-refractivity contribution in [3.05, 3.63) is 53.6 Å². The topological polar surface area (TPSA) is 86.5 Å². The minimum absolute atomic E-state index is 0.0778. The molecular weight excluding hydrogens is 382 g/mol. The van der Waals surface area contributed by atoms with Crippen LogP contribution in [0.1, 0.15) is 20.8 Å². The van der Waals surface area contributed by atoms with Crippen molar-refractivity contribution in [2.24, 2.45) is 0 Å². The van der Waals surface area contributed by atoms with Crippen molar-refractivity contribution in [3.63, 3.8) is 0 Å². The summed E-state index contributed by atoms with van der Waals surface area (Å²) in [6.45, 7) is 5.52. The molecule has 1 atom stereocenters. The van der Waals surface area contributed by atoms with Crippen LogP contribution in [0.5, 0.6) is 11.5 Å². The third-order valence-corrected chi connectivity index (χ3v) is 4.05. The molecule has 0 aliphatic rings. The van der Waals surface area contributed by atoms with E-state index in [1.54, 1.807) is 31.2 Å². The van der Waals surface area contributed by atoms with Gasteiger partial charge in [-0.05, 0) is 67.5 Å². The highest BCUT2D eigenvalue weighted by molar-refractivity contribution is 6.32. The number of rotatable bonds is 7. The zero-order valence-corrected chi connectivity index (χ0v) is 16.4. The van der Waals surface area contributed by atoms with Gasteiger partial charge in [0, 0.05) is 5.56 Å². The average molecular weight is 402 g/mol. The second kappa shape index (κ2) is 8.75. The Morgan fingerprint density at radius 3 is 2.43 bits per heavy atom. The predicted octanol–water partition coefficient (Wildman–Crippen LogP) is 4.58. The number of amides is 1. The van der Waals surface area contributed by atoms with Crippen molar-refractivity contribution in [3.8, 4) is 22.8 Å². The molecule has 3 rings (SSSR count). The number of hydrogen-bond acceptors (Lipinski definition) is 6. The first-order valence-corrected chi connectivity index (χ1v) is 9.13. The molecule has 0 fully saturated rings. The maximum Gasteiger partial charge on any atom is 0.266 e. The van der Waals surface area contributed by atoms with E-state index in [0.717, 1.165) is 11.3 Å². The molecule has 0 spiro atoms. The van der Waals surface area contributed by atoms with Crippen molar-refractivity contribution >= 4 is 23.3 Å². The van der Waals surface area contributed by atoms with Gasteiger partial charge >= 0.3 is 0 Å². The van der Waals surface area contributed by atoms with Gasteiger partial charge in [0.15, 0.2) is 11.8 Å². The molecular formula is C20H20ClN3O4. The Morgan fingerprint density at radius 1 is 1.04 bits per heavy atom. The van der Waals surface area contributed by atoms with Crippen LogP contribution in [0.4, 0.5) is 5.82 Å². The third kappa shape index (κ3) is 4.80. The number of nitrogens with zero attached hydrogens (tertiary/aromatic N) is 2. The summed E-state index contributed by atoms with van der Waals surface area (Å²) in [6.07, 6.45) is -0.722. The van der Waals surface area contributed by atoms with Crippen molar-refractivity contribution in [1.29, 1.82) is 0 Å². The summed E-state index contributed by atoms with van der Waals surface area (Å²) in [5, 5.41) is 10.8. The lowest BCUT2D eigenvalue weighted by Crippen LogP contribution is -2.30. The number of carbonyl (C=O) groups excluding carboxylic acids is 1. The van der Waals surface area contributed by atoms with E-state index in [9.17, 15) is 4.79 Å². The number of nitrogens with one attached hydrogen (secondary N) is 1. The minimum Gasteiger partial charge on any atom is -0.491 e. The van der Waals surface area contributed by atoms with Gasteiger partial charge < -0.3 is 14.8 Å². The molecule has 7 nitrogen and oxygen atoms in total. The molecule has 1 aromatic heterocycles. The molecule has 146 valence electrons. The number of anilines is 1. The molecule has 1 amide bonds. The van der Waals surface area contributed by atoms with E-state index >= 15 is 0 Å². The summed E-state index contributed by atoms with van der Waals surface area (Å²) in [4.78, 5) is 12.5. The Labute approximate surface area is 167 Å². The lowest BCUT2D eigenvalue weighted by Gasteiger charge is -2.14. The van der Waals surface area contributed by atoms with Crippen molar-refractivity contribution in [2.75, 3.05) is 5.32 Å². The number of aromatic nitrogens is 2. The van der Waals surface area contributed by atoms with Crippen LogP contribution in [-0.2, 0) is 4.79 Å². The number of benzene rings is 2. The van der Waals surface area contributed by atoms with Crippen LogP contribution in [0, 0.1) is 0 Å². The highest BCUT2D eigenvalue weighted by Crippen LogP contribution is 2.28. The number of para-hydroxylation sites is 1. The molecule has 28 heavy (non-hydrogen) atoms. The molecule has 0 unspecified atom stereocenters. The van der Waals surface area contributed by atoms with Crippen molar-refractivity contribution < 1.29 is 18.9 Å². The van der Waals surface area contributed by atoms with Gasteiger partial charge in [0.1, 0.15) is 11.5 Å². The van der Waals surface area contributed by atoms with Crippen molar-refractivity contribution in [1.82, 2.24) is 10.3 Å². The zero-order valence-electron chi connectivity index (χ0n) is 15.7. The Balaban J connectivity index is 1.69. The van der Waals surface area contributed by atoms with Gasteiger partial charge in [-0.15, -0.1) is 0 Å². The van der Waals surface area contributed by atoms with Crippen LogP contribution in [0.25, 0.3) is 11.3 Å². The molecule has 1 heterocycles. The molecule has 0 saturated heterocycles. The second-order valence-corrected chi connectivity index (χ2v) is 6.74. The lowest BCUT2D eigenvalue weighted by molar-refractivity contribution is -0.122. The quantitative estimate of drug-likeness (QED) is 0.623. The number of carbonyl (C=O) groups is 1. The molecule has 0 bridgehead atoms. The summed E-state index contributed by atoms with van der Waals surface area (Å²) in [5.74, 6) is 0.961. The molecule has 0 aliphatic carbocycles. The van der Waals surface area contributed by atoms with E-state index in [1.165, 1.54) is 0 Å². The SMILES string of the molecule is CC(C)Oc1ccc(-c2nonc2NC(=O)[C@H](C)Oc2ccccc2Cl)cc1. The maximum absolute atomic E-state index is 12.5. The molecule has 0 radical (unpaired) electrons. The Bertz CT molecular complexity index is 941. The van der Waals surface area contributed by atoms with E-state index in [4.69, 9.17) is 25.7 Å². The molecule has 2 aromatic carbocycles. The fraction of sp³-hybridized carbons (Fsp3) is 0.250. The van der Waals surface area contributed by atoms with Gasteiger partial charge in [-0.3, -0.25) is 4.79 Å². The number of halogens is 1. The normalized spacial score (nSPS) is 11.9. The van der Waals surface area contributed by atoms with Crippen LogP contribution in [0.15, 0.2) is 53.2 Å². The molecule has 0 aliphatic heterocycles. The van der Waals surface area contributed by atoms with E-state index in [0.29, 0.717) is 16.5 Å². The minimum atomic E-state index is -0.800. The zero-order chi connectivity index (χ0) is 20.1. The highest BCUT2D eigenvalue weighted by atomic mass is 35.5. The number of hydrogen-bond donors (Lipinski definition) is 1. The summed E-state index contributed by atoms with van der Waals surface area (Å²) < 4.78 is 16.0. The van der Waals surface area contributed by atoms with Crippen LogP contribution in [0.2, 0.25) is 5.02 Å².